The Balaban J connectivity index is 2.69. The van der Waals surface area contributed by atoms with Crippen LogP contribution in [0.4, 0.5) is 0 Å². The van der Waals surface area contributed by atoms with Crippen LogP contribution in [0, 0.1) is 0 Å². The summed E-state index contributed by atoms with van der Waals surface area (Å²) in [6.07, 6.45) is 5.25. The third-order valence-electron chi connectivity index (χ3n) is 2.22. The van der Waals surface area contributed by atoms with Crippen molar-refractivity contribution in [2.24, 2.45) is 0 Å². The van der Waals surface area contributed by atoms with E-state index in [1.807, 2.05) is 0 Å². The van der Waals surface area contributed by atoms with E-state index in [-0.39, 0.29) is 13.2 Å². The number of ether oxygens (including phenoxy) is 4. The molecule has 0 aromatic heterocycles. The number of rotatable bonds is 6. The maximum absolute atomic E-state index is 11.2. The summed E-state index contributed by atoms with van der Waals surface area (Å²) in [4.78, 5) is 22.5. The Labute approximate surface area is 112 Å². The van der Waals surface area contributed by atoms with Gasteiger partial charge in [0, 0.05) is 12.2 Å². The van der Waals surface area contributed by atoms with E-state index in [0.29, 0.717) is 13.2 Å². The van der Waals surface area contributed by atoms with Gasteiger partial charge in [0.15, 0.2) is 0 Å². The average Bonchev–Trinajstić information content (AvgIpc) is 2.84. The second kappa shape index (κ2) is 7.70. The topological polar surface area (TPSA) is 71.1 Å². The molecule has 0 radical (unpaired) electrons. The number of hydrogen-bond acceptors (Lipinski definition) is 6. The van der Waals surface area contributed by atoms with Gasteiger partial charge in [-0.25, -0.2) is 9.59 Å². The van der Waals surface area contributed by atoms with Gasteiger partial charge in [-0.2, -0.15) is 0 Å². The van der Waals surface area contributed by atoms with Gasteiger partial charge in [0.25, 0.3) is 0 Å². The molecule has 0 N–H and O–H groups in total. The average molecular weight is 270 g/mol. The molecule has 0 spiro atoms. The Kier molecular flexibility index (Phi) is 6.24. The van der Waals surface area contributed by atoms with Crippen LogP contribution in [0.15, 0.2) is 24.3 Å². The summed E-state index contributed by atoms with van der Waals surface area (Å²) in [5.41, 5.74) is 0. The van der Waals surface area contributed by atoms with E-state index in [0.717, 1.165) is 0 Å². The Morgan fingerprint density at radius 3 is 1.79 bits per heavy atom. The summed E-state index contributed by atoms with van der Waals surface area (Å²) in [6, 6.07) is 0. The number of esters is 2. The summed E-state index contributed by atoms with van der Waals surface area (Å²) >= 11 is 0. The number of carbonyl (C=O) groups excluding carboxylic acids is 2. The fourth-order valence-electron chi connectivity index (χ4n) is 1.44. The predicted octanol–water partition coefficient (Wildman–Crippen LogP) is 0.968. The molecule has 0 amide bonds. The first-order valence-electron chi connectivity index (χ1n) is 6.12. The van der Waals surface area contributed by atoms with Crippen LogP contribution >= 0.6 is 0 Å². The van der Waals surface area contributed by atoms with E-state index in [1.165, 1.54) is 24.3 Å². The molecule has 0 atom stereocenters. The fraction of sp³-hybridized carbons (Fsp3) is 0.538. The number of carbonyl (C=O) groups is 2. The van der Waals surface area contributed by atoms with Crippen molar-refractivity contribution >= 4 is 11.9 Å². The molecule has 0 aromatic rings. The quantitative estimate of drug-likeness (QED) is 0.529. The zero-order chi connectivity index (χ0) is 14.1. The van der Waals surface area contributed by atoms with Crippen molar-refractivity contribution in [2.75, 3.05) is 26.4 Å². The third-order valence-corrected chi connectivity index (χ3v) is 2.22. The van der Waals surface area contributed by atoms with E-state index < -0.39 is 17.7 Å². The summed E-state index contributed by atoms with van der Waals surface area (Å²) < 4.78 is 20.3. The minimum Gasteiger partial charge on any atom is -0.463 e. The van der Waals surface area contributed by atoms with Crippen LogP contribution in [-0.2, 0) is 28.5 Å². The standard InChI is InChI=1S/C13H18O6/c1-3-16-11(14)5-7-13(18-9-10-19-13)8-6-12(15)17-4-2/h5-8H,3-4,9-10H2,1-2H3/b7-5+,8-6+. The first kappa shape index (κ1) is 15.4. The van der Waals surface area contributed by atoms with Gasteiger partial charge >= 0.3 is 11.9 Å². The van der Waals surface area contributed by atoms with Crippen molar-refractivity contribution in [3.8, 4) is 0 Å². The lowest BCUT2D eigenvalue weighted by Gasteiger charge is -2.18. The Bertz CT molecular complexity index is 335. The lowest BCUT2D eigenvalue weighted by molar-refractivity contribution is -0.138. The summed E-state index contributed by atoms with van der Waals surface area (Å²) in [6.45, 7) is 4.75. The van der Waals surface area contributed by atoms with Crippen molar-refractivity contribution in [1.29, 1.82) is 0 Å². The maximum atomic E-state index is 11.2. The molecule has 19 heavy (non-hydrogen) atoms. The van der Waals surface area contributed by atoms with Gasteiger partial charge in [-0.1, -0.05) is 0 Å². The molecule has 0 unspecified atom stereocenters. The van der Waals surface area contributed by atoms with Gasteiger partial charge in [-0.3, -0.25) is 0 Å². The molecule has 1 heterocycles. The fourth-order valence-corrected chi connectivity index (χ4v) is 1.44. The Hall–Kier alpha value is -1.66. The van der Waals surface area contributed by atoms with Gasteiger partial charge in [0.1, 0.15) is 0 Å². The minimum absolute atomic E-state index is 0.288. The molecule has 6 heteroatoms. The molecular formula is C13H18O6. The maximum Gasteiger partial charge on any atom is 0.330 e. The lowest BCUT2D eigenvalue weighted by Crippen LogP contribution is -2.25. The summed E-state index contributed by atoms with van der Waals surface area (Å²) in [5.74, 6) is -2.20. The van der Waals surface area contributed by atoms with Crippen LogP contribution in [0.25, 0.3) is 0 Å². The van der Waals surface area contributed by atoms with Crippen molar-refractivity contribution in [2.45, 2.75) is 19.6 Å². The number of hydrogen-bond donors (Lipinski definition) is 0. The molecular weight excluding hydrogens is 252 g/mol. The second-order valence-corrected chi connectivity index (χ2v) is 3.59. The third kappa shape index (κ3) is 5.23. The SMILES string of the molecule is CCOC(=O)/C=C/C1(/C=C/C(=O)OCC)OCCO1. The van der Waals surface area contributed by atoms with E-state index in [1.54, 1.807) is 13.8 Å². The van der Waals surface area contributed by atoms with Gasteiger partial charge in [0.2, 0.25) is 5.79 Å². The molecule has 1 aliphatic rings. The van der Waals surface area contributed by atoms with Crippen molar-refractivity contribution in [3.63, 3.8) is 0 Å². The molecule has 0 aromatic carbocycles. The molecule has 1 aliphatic heterocycles. The van der Waals surface area contributed by atoms with Crippen LogP contribution in [0.2, 0.25) is 0 Å². The largest absolute Gasteiger partial charge is 0.463 e. The smallest absolute Gasteiger partial charge is 0.330 e. The van der Waals surface area contributed by atoms with Crippen molar-refractivity contribution in [3.05, 3.63) is 24.3 Å². The second-order valence-electron chi connectivity index (χ2n) is 3.59. The van der Waals surface area contributed by atoms with Gasteiger partial charge in [0.05, 0.1) is 26.4 Å². The zero-order valence-corrected chi connectivity index (χ0v) is 11.1. The first-order chi connectivity index (χ1) is 9.12. The van der Waals surface area contributed by atoms with E-state index in [2.05, 4.69) is 0 Å². The van der Waals surface area contributed by atoms with Crippen LogP contribution in [-0.4, -0.2) is 44.2 Å². The normalized spacial score (nSPS) is 18.0. The van der Waals surface area contributed by atoms with Crippen molar-refractivity contribution < 1.29 is 28.5 Å². The van der Waals surface area contributed by atoms with Crippen LogP contribution in [0.5, 0.6) is 0 Å². The first-order valence-corrected chi connectivity index (χ1v) is 6.12. The van der Waals surface area contributed by atoms with E-state index in [9.17, 15) is 9.59 Å². The van der Waals surface area contributed by atoms with E-state index >= 15 is 0 Å². The Morgan fingerprint density at radius 2 is 1.42 bits per heavy atom. The molecule has 106 valence electrons. The predicted molar refractivity (Wildman–Crippen MR) is 66.2 cm³/mol. The van der Waals surface area contributed by atoms with Crippen molar-refractivity contribution in [1.82, 2.24) is 0 Å². The Morgan fingerprint density at radius 1 is 1.00 bits per heavy atom. The highest BCUT2D eigenvalue weighted by Gasteiger charge is 2.31. The molecule has 6 nitrogen and oxygen atoms in total. The summed E-state index contributed by atoms with van der Waals surface area (Å²) in [5, 5.41) is 0. The molecule has 1 saturated heterocycles. The zero-order valence-electron chi connectivity index (χ0n) is 11.1. The summed E-state index contributed by atoms with van der Waals surface area (Å²) in [7, 11) is 0. The highest BCUT2D eigenvalue weighted by Crippen LogP contribution is 2.22. The molecule has 1 rings (SSSR count). The minimum atomic E-state index is -1.21. The van der Waals surface area contributed by atoms with Gasteiger partial charge in [-0.05, 0) is 26.0 Å². The van der Waals surface area contributed by atoms with Gasteiger partial charge in [-0.15, -0.1) is 0 Å². The van der Waals surface area contributed by atoms with Crippen LogP contribution in [0.1, 0.15) is 13.8 Å². The van der Waals surface area contributed by atoms with Gasteiger partial charge < -0.3 is 18.9 Å². The highest BCUT2D eigenvalue weighted by molar-refractivity contribution is 5.83. The molecule has 0 aliphatic carbocycles. The van der Waals surface area contributed by atoms with Crippen LogP contribution in [0.3, 0.4) is 0 Å². The monoisotopic (exact) mass is 270 g/mol. The lowest BCUT2D eigenvalue weighted by atomic mass is 10.2. The van der Waals surface area contributed by atoms with E-state index in [4.69, 9.17) is 18.9 Å². The highest BCUT2D eigenvalue weighted by atomic mass is 16.7. The van der Waals surface area contributed by atoms with Crippen LogP contribution < -0.4 is 0 Å². The molecule has 0 bridgehead atoms. The molecule has 0 saturated carbocycles. The molecule has 1 fully saturated rings.